The Bertz CT molecular complexity index is 481. The van der Waals surface area contributed by atoms with E-state index < -0.39 is 0 Å². The Hall–Kier alpha value is -1.66. The van der Waals surface area contributed by atoms with Gasteiger partial charge in [-0.15, -0.1) is 0 Å². The van der Waals surface area contributed by atoms with Crippen LogP contribution in [0, 0.1) is 5.82 Å². The number of hydrogen-bond donors (Lipinski definition) is 2. The zero-order valence-corrected chi connectivity index (χ0v) is 11.6. The molecule has 1 fully saturated rings. The van der Waals surface area contributed by atoms with Crippen molar-refractivity contribution in [1.29, 1.82) is 0 Å². The molecule has 0 aliphatic carbocycles. The molecule has 5 nitrogen and oxygen atoms in total. The number of likely N-dealkylation sites (N-methyl/N-ethyl adjacent to an activating group) is 1. The predicted octanol–water partition coefficient (Wildman–Crippen LogP) is 0.745. The van der Waals surface area contributed by atoms with Crippen LogP contribution in [0.4, 0.5) is 10.1 Å². The molecule has 1 aromatic carbocycles. The number of carbonyl (C=O) groups excluding carboxylic acids is 1. The molecule has 1 saturated heterocycles. The standard InChI is InChI=1S/C14H20FN3O2/c1-2-17-14(19)13-9-20-6-5-18(13)8-10-7-11(15)3-4-12(10)16/h3-4,7,13H,2,5-6,8-9,16H2,1H3,(H,17,19). The molecule has 0 saturated carbocycles. The van der Waals surface area contributed by atoms with Crippen LogP contribution >= 0.6 is 0 Å². The fourth-order valence-corrected chi connectivity index (χ4v) is 2.29. The first-order valence-electron chi connectivity index (χ1n) is 6.75. The summed E-state index contributed by atoms with van der Waals surface area (Å²) >= 11 is 0. The minimum atomic E-state index is -0.355. The summed E-state index contributed by atoms with van der Waals surface area (Å²) < 4.78 is 18.7. The van der Waals surface area contributed by atoms with E-state index in [-0.39, 0.29) is 17.8 Å². The maximum atomic E-state index is 13.3. The summed E-state index contributed by atoms with van der Waals surface area (Å²) in [5.74, 6) is -0.390. The van der Waals surface area contributed by atoms with Crippen molar-refractivity contribution >= 4 is 11.6 Å². The van der Waals surface area contributed by atoms with Gasteiger partial charge in [-0.1, -0.05) is 0 Å². The second-order valence-electron chi connectivity index (χ2n) is 4.80. The number of rotatable bonds is 4. The third-order valence-electron chi connectivity index (χ3n) is 3.37. The lowest BCUT2D eigenvalue weighted by Crippen LogP contribution is -2.53. The number of ether oxygens (including phenoxy) is 1. The van der Waals surface area contributed by atoms with Crippen LogP contribution in [0.15, 0.2) is 18.2 Å². The van der Waals surface area contributed by atoms with Gasteiger partial charge >= 0.3 is 0 Å². The Morgan fingerprint density at radius 2 is 2.40 bits per heavy atom. The van der Waals surface area contributed by atoms with Gasteiger partial charge in [0.2, 0.25) is 5.91 Å². The van der Waals surface area contributed by atoms with Gasteiger partial charge in [0.15, 0.2) is 0 Å². The highest BCUT2D eigenvalue weighted by Gasteiger charge is 2.29. The highest BCUT2D eigenvalue weighted by Crippen LogP contribution is 2.18. The molecule has 1 amide bonds. The smallest absolute Gasteiger partial charge is 0.239 e. The second-order valence-corrected chi connectivity index (χ2v) is 4.80. The van der Waals surface area contributed by atoms with Gasteiger partial charge in [0.25, 0.3) is 0 Å². The van der Waals surface area contributed by atoms with Crippen LogP contribution in [0.2, 0.25) is 0 Å². The van der Waals surface area contributed by atoms with Crippen molar-refractivity contribution < 1.29 is 13.9 Å². The quantitative estimate of drug-likeness (QED) is 0.799. The van der Waals surface area contributed by atoms with Crippen LogP contribution in [-0.2, 0) is 16.1 Å². The van der Waals surface area contributed by atoms with E-state index in [1.54, 1.807) is 6.07 Å². The zero-order valence-electron chi connectivity index (χ0n) is 11.6. The van der Waals surface area contributed by atoms with Crippen molar-refractivity contribution in [1.82, 2.24) is 10.2 Å². The summed E-state index contributed by atoms with van der Waals surface area (Å²) in [4.78, 5) is 14.0. The molecule has 1 aliphatic heterocycles. The number of benzene rings is 1. The molecule has 1 aromatic rings. The Labute approximate surface area is 117 Å². The number of morpholine rings is 1. The molecule has 0 bridgehead atoms. The topological polar surface area (TPSA) is 67.6 Å². The van der Waals surface area contributed by atoms with E-state index in [0.29, 0.717) is 44.1 Å². The lowest BCUT2D eigenvalue weighted by Gasteiger charge is -2.34. The third kappa shape index (κ3) is 3.46. The molecule has 3 N–H and O–H groups in total. The van der Waals surface area contributed by atoms with Crippen molar-refractivity contribution in [3.05, 3.63) is 29.6 Å². The molecule has 0 spiro atoms. The number of amides is 1. The Kier molecular flexibility index (Phi) is 4.92. The summed E-state index contributed by atoms with van der Waals surface area (Å²) in [5, 5.41) is 2.79. The lowest BCUT2D eigenvalue weighted by molar-refractivity contribution is -0.132. The minimum absolute atomic E-state index is 0.0674. The fraction of sp³-hybridized carbons (Fsp3) is 0.500. The van der Waals surface area contributed by atoms with E-state index in [2.05, 4.69) is 5.32 Å². The van der Waals surface area contributed by atoms with E-state index in [9.17, 15) is 9.18 Å². The maximum absolute atomic E-state index is 13.3. The van der Waals surface area contributed by atoms with Gasteiger partial charge in [-0.3, -0.25) is 9.69 Å². The van der Waals surface area contributed by atoms with Crippen LogP contribution in [0.5, 0.6) is 0 Å². The summed E-state index contributed by atoms with van der Waals surface area (Å²) in [6, 6.07) is 3.94. The lowest BCUT2D eigenvalue weighted by atomic mass is 10.1. The second kappa shape index (κ2) is 6.67. The van der Waals surface area contributed by atoms with Crippen molar-refractivity contribution in [3.8, 4) is 0 Å². The number of nitrogen functional groups attached to an aromatic ring is 1. The van der Waals surface area contributed by atoms with E-state index in [1.165, 1.54) is 12.1 Å². The van der Waals surface area contributed by atoms with E-state index >= 15 is 0 Å². The molecule has 0 aromatic heterocycles. The van der Waals surface area contributed by atoms with Crippen molar-refractivity contribution in [2.45, 2.75) is 19.5 Å². The Morgan fingerprint density at radius 1 is 1.60 bits per heavy atom. The molecule has 110 valence electrons. The number of nitrogens with one attached hydrogen (secondary N) is 1. The van der Waals surface area contributed by atoms with Crippen LogP contribution in [0.1, 0.15) is 12.5 Å². The number of halogens is 1. The van der Waals surface area contributed by atoms with E-state index in [4.69, 9.17) is 10.5 Å². The van der Waals surface area contributed by atoms with Gasteiger partial charge in [0.1, 0.15) is 11.9 Å². The summed E-state index contributed by atoms with van der Waals surface area (Å²) in [5.41, 5.74) is 7.09. The zero-order chi connectivity index (χ0) is 14.5. The molecule has 1 heterocycles. The van der Waals surface area contributed by atoms with Gasteiger partial charge in [-0.25, -0.2) is 4.39 Å². The SMILES string of the molecule is CCNC(=O)C1COCCN1Cc1cc(F)ccc1N. The molecular formula is C14H20FN3O2. The van der Waals surface area contributed by atoms with Gasteiger partial charge in [0.05, 0.1) is 13.2 Å². The molecule has 1 aliphatic rings. The number of nitrogens with two attached hydrogens (primary N) is 1. The van der Waals surface area contributed by atoms with E-state index in [1.807, 2.05) is 11.8 Å². The normalized spacial score (nSPS) is 19.8. The molecule has 20 heavy (non-hydrogen) atoms. The Balaban J connectivity index is 2.12. The van der Waals surface area contributed by atoms with Gasteiger partial charge in [-0.05, 0) is 30.7 Å². The van der Waals surface area contributed by atoms with Gasteiger partial charge in [-0.2, -0.15) is 0 Å². The first kappa shape index (κ1) is 14.7. The minimum Gasteiger partial charge on any atom is -0.398 e. The Morgan fingerprint density at radius 3 is 3.15 bits per heavy atom. The predicted molar refractivity (Wildman–Crippen MR) is 74.5 cm³/mol. The molecule has 6 heteroatoms. The van der Waals surface area contributed by atoms with Crippen LogP contribution in [0.25, 0.3) is 0 Å². The monoisotopic (exact) mass is 281 g/mol. The van der Waals surface area contributed by atoms with E-state index in [0.717, 1.165) is 0 Å². The van der Waals surface area contributed by atoms with Gasteiger partial charge < -0.3 is 15.8 Å². The molecule has 1 atom stereocenters. The number of hydrogen-bond acceptors (Lipinski definition) is 4. The number of nitrogens with zero attached hydrogens (tertiary/aromatic N) is 1. The van der Waals surface area contributed by atoms with Crippen LogP contribution in [0.3, 0.4) is 0 Å². The van der Waals surface area contributed by atoms with Gasteiger partial charge in [0, 0.05) is 25.3 Å². The first-order chi connectivity index (χ1) is 9.61. The largest absolute Gasteiger partial charge is 0.398 e. The molecule has 0 radical (unpaired) electrons. The highest BCUT2D eigenvalue weighted by molar-refractivity contribution is 5.82. The average molecular weight is 281 g/mol. The highest BCUT2D eigenvalue weighted by atomic mass is 19.1. The molecule has 1 unspecified atom stereocenters. The third-order valence-corrected chi connectivity index (χ3v) is 3.37. The maximum Gasteiger partial charge on any atom is 0.239 e. The van der Waals surface area contributed by atoms with Crippen molar-refractivity contribution in [3.63, 3.8) is 0 Å². The summed E-state index contributed by atoms with van der Waals surface area (Å²) in [6.07, 6.45) is 0. The van der Waals surface area contributed by atoms with Crippen molar-refractivity contribution in [2.24, 2.45) is 0 Å². The molecule has 2 rings (SSSR count). The van der Waals surface area contributed by atoms with Crippen LogP contribution < -0.4 is 11.1 Å². The average Bonchev–Trinajstić information content (AvgIpc) is 2.44. The molecular weight excluding hydrogens is 261 g/mol. The number of anilines is 1. The number of carbonyl (C=O) groups is 1. The first-order valence-corrected chi connectivity index (χ1v) is 6.75. The summed E-state index contributed by atoms with van der Waals surface area (Å²) in [6.45, 7) is 4.42. The van der Waals surface area contributed by atoms with Crippen LogP contribution in [-0.4, -0.2) is 43.2 Å². The fourth-order valence-electron chi connectivity index (χ4n) is 2.29. The summed E-state index contributed by atoms with van der Waals surface area (Å²) in [7, 11) is 0. The van der Waals surface area contributed by atoms with Crippen molar-refractivity contribution in [2.75, 3.05) is 32.0 Å².